The average molecular weight is 959 g/mol. The van der Waals surface area contributed by atoms with Gasteiger partial charge in [-0.15, -0.1) is 0 Å². The Labute approximate surface area is 402 Å². The number of rotatable bonds is 13. The predicted molar refractivity (Wildman–Crippen MR) is 266 cm³/mol. The monoisotopic (exact) mass is 958 g/mol. The molecule has 354 valence electrons. The molecule has 16 nitrogen and oxygen atoms in total. The van der Waals surface area contributed by atoms with Gasteiger partial charge in [0.2, 0.25) is 17.8 Å². The highest BCUT2D eigenvalue weighted by Crippen LogP contribution is 2.41. The molecule has 0 aliphatic carbocycles. The predicted octanol–water partition coefficient (Wildman–Crippen LogP) is 6.01. The number of anilines is 6. The van der Waals surface area contributed by atoms with Crippen molar-refractivity contribution in [1.82, 2.24) is 30.0 Å². The van der Waals surface area contributed by atoms with Crippen molar-refractivity contribution >= 4 is 82.2 Å². The van der Waals surface area contributed by atoms with Crippen molar-refractivity contribution in [3.8, 4) is 29.4 Å². The zero-order chi connectivity index (χ0) is 48.0. The van der Waals surface area contributed by atoms with E-state index in [1.165, 1.54) is 6.20 Å². The molecule has 0 spiro atoms. The number of amides is 4. The van der Waals surface area contributed by atoms with E-state index in [1.807, 2.05) is 42.5 Å². The Kier molecular flexibility index (Phi) is 15.0. The fraction of sp³-hybridized carbons (Fsp3) is 0.400. The molecular formula is C50H56ClN10O6P. The molecule has 1 unspecified atom stereocenters. The van der Waals surface area contributed by atoms with Gasteiger partial charge in [0.05, 0.1) is 36.1 Å². The molecule has 8 rings (SSSR count). The summed E-state index contributed by atoms with van der Waals surface area (Å²) in [7, 11) is -1.02. The minimum absolute atomic E-state index is 0.192. The molecule has 4 N–H and O–H groups in total. The minimum atomic E-state index is -2.61. The van der Waals surface area contributed by atoms with Crippen molar-refractivity contribution in [2.45, 2.75) is 64.1 Å². The third-order valence-corrected chi connectivity index (χ3v) is 14.7. The van der Waals surface area contributed by atoms with Crippen LogP contribution in [0.3, 0.4) is 0 Å². The highest BCUT2D eigenvalue weighted by Gasteiger charge is 2.40. The number of halogens is 1. The van der Waals surface area contributed by atoms with E-state index in [4.69, 9.17) is 16.3 Å². The van der Waals surface area contributed by atoms with E-state index in [1.54, 1.807) is 44.4 Å². The summed E-state index contributed by atoms with van der Waals surface area (Å²) in [6, 6.07) is 16.4. The second-order valence-electron chi connectivity index (χ2n) is 17.6. The lowest BCUT2D eigenvalue weighted by Crippen LogP contribution is -2.53. The van der Waals surface area contributed by atoms with Gasteiger partial charge < -0.3 is 40.0 Å². The summed E-state index contributed by atoms with van der Waals surface area (Å²) in [5.41, 5.74) is 4.78. The van der Waals surface area contributed by atoms with Crippen LogP contribution in [0.25, 0.3) is 0 Å². The first-order chi connectivity index (χ1) is 32.8. The Hall–Kier alpha value is -6.42. The fourth-order valence-corrected chi connectivity index (χ4v) is 10.6. The molecule has 3 saturated heterocycles. The highest BCUT2D eigenvalue weighted by atomic mass is 35.5. The number of fused-ring (bicyclic) bond motifs is 1. The van der Waals surface area contributed by atoms with Crippen LogP contribution in [0.1, 0.15) is 66.9 Å². The van der Waals surface area contributed by atoms with Gasteiger partial charge in [-0.25, -0.2) is 4.98 Å². The number of hydrogen-bond acceptors (Lipinski definition) is 13. The van der Waals surface area contributed by atoms with Crippen molar-refractivity contribution < 1.29 is 28.5 Å². The lowest BCUT2D eigenvalue weighted by atomic mass is 10.0. The van der Waals surface area contributed by atoms with Crippen LogP contribution in [-0.2, 0) is 25.5 Å². The Morgan fingerprint density at radius 2 is 1.74 bits per heavy atom. The number of aromatic nitrogens is 2. The third-order valence-electron chi connectivity index (χ3n) is 12.8. The quantitative estimate of drug-likeness (QED) is 0.0530. The SMILES string of the molecule is CC#CC(=O)Nc1cc(Nc2ncc(Cl)c(Nc3ccccc3P(C)(C)=O)n2)c(OC)cc1N1CCC(N2CCN(CCCC#Cc3cccc4c3CN(C3CCC(=O)NC3=O)C4=O)CC2)CC1. The van der Waals surface area contributed by atoms with E-state index in [2.05, 4.69) is 69.6 Å². The largest absolute Gasteiger partial charge is 0.494 e. The molecule has 0 bridgehead atoms. The zero-order valence-electron chi connectivity index (χ0n) is 38.8. The molecule has 1 aromatic heterocycles. The normalized spacial score (nSPS) is 17.9. The van der Waals surface area contributed by atoms with Crippen LogP contribution in [0.15, 0.2) is 60.8 Å². The third kappa shape index (κ3) is 11.1. The lowest BCUT2D eigenvalue weighted by Gasteiger charge is -2.43. The van der Waals surface area contributed by atoms with E-state index in [0.717, 1.165) is 88.3 Å². The number of carbonyl (C=O) groups is 4. The molecular weight excluding hydrogens is 903 g/mol. The van der Waals surface area contributed by atoms with E-state index in [9.17, 15) is 23.7 Å². The van der Waals surface area contributed by atoms with Crippen molar-refractivity contribution in [2.75, 3.05) is 87.1 Å². The smallest absolute Gasteiger partial charge is 0.300 e. The molecule has 4 amide bonds. The summed E-state index contributed by atoms with van der Waals surface area (Å²) >= 11 is 6.54. The maximum atomic E-state index is 13.2. The van der Waals surface area contributed by atoms with Gasteiger partial charge in [-0.2, -0.15) is 4.98 Å². The number of methoxy groups -OCH3 is 1. The van der Waals surface area contributed by atoms with Crippen LogP contribution in [0, 0.1) is 23.7 Å². The Morgan fingerprint density at radius 1 is 0.956 bits per heavy atom. The van der Waals surface area contributed by atoms with Gasteiger partial charge in [0, 0.05) is 87.2 Å². The number of piperidine rings is 2. The van der Waals surface area contributed by atoms with E-state index in [-0.39, 0.29) is 29.2 Å². The van der Waals surface area contributed by atoms with Gasteiger partial charge in [-0.3, -0.25) is 29.4 Å². The molecule has 0 radical (unpaired) electrons. The fourth-order valence-electron chi connectivity index (χ4n) is 9.35. The van der Waals surface area contributed by atoms with Gasteiger partial charge in [-0.1, -0.05) is 47.6 Å². The van der Waals surface area contributed by atoms with Gasteiger partial charge in [0.15, 0.2) is 5.82 Å². The van der Waals surface area contributed by atoms with Crippen LogP contribution in [-0.4, -0.2) is 127 Å². The van der Waals surface area contributed by atoms with Crippen molar-refractivity contribution in [3.63, 3.8) is 0 Å². The standard InChI is InChI=1S/C50H56ClN10O6P/c1-5-12-45(62)53-39-29-40(55-50-52-31-37(51)47(57-50)54-38-16-8-9-17-44(38)68(3,4)66)43(67-2)30-42(39)60-23-20-34(21-24-60)59-27-25-58(26-28-59)22-10-6-7-13-33-14-11-15-35-36(33)32-61(49(35)65)41-18-19-46(63)56-48(41)64/h8-9,11,14-17,29-31,34,41H,6,10,18-28,32H2,1-4H3,(H,53,62)(H,56,63,64)(H2,52,54,55,57). The number of hydrogen-bond donors (Lipinski definition) is 4. The topological polar surface area (TPSA) is 181 Å². The number of carbonyl (C=O) groups excluding carboxylic acids is 4. The molecule has 4 aliphatic rings. The van der Waals surface area contributed by atoms with E-state index < -0.39 is 25.0 Å². The summed E-state index contributed by atoms with van der Waals surface area (Å²) in [6.45, 7) is 11.8. The molecule has 3 aromatic carbocycles. The van der Waals surface area contributed by atoms with Gasteiger partial charge in [-0.05, 0) is 94.3 Å². The van der Waals surface area contributed by atoms with Crippen molar-refractivity contribution in [1.29, 1.82) is 0 Å². The Morgan fingerprint density at radius 3 is 2.47 bits per heavy atom. The van der Waals surface area contributed by atoms with Gasteiger partial charge in [0.25, 0.3) is 11.8 Å². The number of piperazine rings is 1. The van der Waals surface area contributed by atoms with Crippen molar-refractivity contribution in [2.24, 2.45) is 0 Å². The van der Waals surface area contributed by atoms with Gasteiger partial charge in [0.1, 0.15) is 24.0 Å². The van der Waals surface area contributed by atoms with Crippen molar-refractivity contribution in [3.05, 3.63) is 82.5 Å². The van der Waals surface area contributed by atoms with Crippen LogP contribution < -0.4 is 36.2 Å². The molecule has 5 heterocycles. The first-order valence-electron chi connectivity index (χ1n) is 22.9. The number of unbranched alkanes of at least 4 members (excludes halogenated alkanes) is 1. The summed E-state index contributed by atoms with van der Waals surface area (Å²) in [6.07, 6.45) is 5.62. The van der Waals surface area contributed by atoms with Crippen LogP contribution in [0.2, 0.25) is 5.02 Å². The number of ether oxygens (including phenoxy) is 1. The summed E-state index contributed by atoms with van der Waals surface area (Å²) in [4.78, 5) is 68.3. The summed E-state index contributed by atoms with van der Waals surface area (Å²) < 4.78 is 18.9. The molecule has 3 fully saturated rings. The minimum Gasteiger partial charge on any atom is -0.494 e. The maximum Gasteiger partial charge on any atom is 0.300 e. The van der Waals surface area contributed by atoms with Crippen LogP contribution in [0.4, 0.5) is 34.5 Å². The average Bonchev–Trinajstić information content (AvgIpc) is 3.66. The molecule has 4 aliphatic heterocycles. The molecule has 68 heavy (non-hydrogen) atoms. The second kappa shape index (κ2) is 21.3. The van der Waals surface area contributed by atoms with E-state index in [0.29, 0.717) is 58.5 Å². The maximum absolute atomic E-state index is 13.2. The van der Waals surface area contributed by atoms with Crippen LogP contribution >= 0.6 is 18.7 Å². The number of nitrogens with one attached hydrogen (secondary N) is 4. The van der Waals surface area contributed by atoms with Gasteiger partial charge >= 0.3 is 0 Å². The summed E-state index contributed by atoms with van der Waals surface area (Å²) in [5, 5.41) is 12.8. The Bertz CT molecular complexity index is 2780. The highest BCUT2D eigenvalue weighted by molar-refractivity contribution is 7.70. The Balaban J connectivity index is 0.849. The first-order valence-corrected chi connectivity index (χ1v) is 25.9. The molecule has 0 saturated carbocycles. The van der Waals surface area contributed by atoms with Crippen LogP contribution in [0.5, 0.6) is 5.75 Å². The lowest BCUT2D eigenvalue weighted by molar-refractivity contribution is -0.137. The molecule has 4 aromatic rings. The number of imide groups is 1. The first kappa shape index (κ1) is 48.1. The summed E-state index contributed by atoms with van der Waals surface area (Å²) in [5.74, 6) is 11.6. The number of benzene rings is 3. The molecule has 18 heteroatoms. The van der Waals surface area contributed by atoms with E-state index >= 15 is 0 Å². The zero-order valence-corrected chi connectivity index (χ0v) is 40.4. The number of nitrogens with zero attached hydrogens (tertiary/aromatic N) is 6. The molecule has 1 atom stereocenters. The number of para-hydroxylation sites is 1. The second-order valence-corrected chi connectivity index (χ2v) is 21.2.